The lowest BCUT2D eigenvalue weighted by molar-refractivity contribution is 0.140. The van der Waals surface area contributed by atoms with E-state index >= 15 is 0 Å². The molecule has 162 valence electrons. The Morgan fingerprint density at radius 1 is 1.00 bits per heavy atom. The molecule has 2 amide bonds. The van der Waals surface area contributed by atoms with E-state index < -0.39 is 11.6 Å². The summed E-state index contributed by atoms with van der Waals surface area (Å²) in [5.41, 5.74) is 3.44. The number of tetrazole rings is 1. The van der Waals surface area contributed by atoms with Crippen molar-refractivity contribution in [1.29, 1.82) is 0 Å². The van der Waals surface area contributed by atoms with Gasteiger partial charge in [0.1, 0.15) is 0 Å². The van der Waals surface area contributed by atoms with Crippen molar-refractivity contribution in [2.45, 2.75) is 20.4 Å². The fourth-order valence-electron chi connectivity index (χ4n) is 3.45. The van der Waals surface area contributed by atoms with E-state index in [1.807, 2.05) is 32.0 Å². The highest BCUT2D eigenvalue weighted by molar-refractivity contribution is 5.89. The number of piperazine rings is 1. The van der Waals surface area contributed by atoms with E-state index in [1.54, 1.807) is 4.90 Å². The maximum Gasteiger partial charge on any atom is 0.321 e. The molecule has 1 saturated heterocycles. The Bertz CT molecular complexity index is 1090. The summed E-state index contributed by atoms with van der Waals surface area (Å²) in [5.74, 6) is -1.37. The predicted octanol–water partition coefficient (Wildman–Crippen LogP) is 2.91. The fraction of sp³-hybridized carbons (Fsp3) is 0.333. The molecule has 0 radical (unpaired) electrons. The van der Waals surface area contributed by atoms with Crippen LogP contribution in [0.1, 0.15) is 17.0 Å². The molecular formula is C21H23F2N7O. The standard InChI is InChI=1S/C21H23F2N7O/c1-14-3-4-16(11-15(14)2)24-21(31)29-9-7-28(8-10-29)13-20-25-26-27-30(20)17-5-6-18(22)19(23)12-17/h3-6,11-12H,7-10,13H2,1-2H3,(H,24,31). The molecule has 0 saturated carbocycles. The molecule has 1 N–H and O–H groups in total. The van der Waals surface area contributed by atoms with Gasteiger partial charge in [-0.1, -0.05) is 6.07 Å². The van der Waals surface area contributed by atoms with Crippen LogP contribution in [0.3, 0.4) is 0 Å². The summed E-state index contributed by atoms with van der Waals surface area (Å²) in [7, 11) is 0. The van der Waals surface area contributed by atoms with Gasteiger partial charge in [0, 0.05) is 37.9 Å². The molecule has 31 heavy (non-hydrogen) atoms. The summed E-state index contributed by atoms with van der Waals surface area (Å²) in [6.07, 6.45) is 0. The number of nitrogens with zero attached hydrogens (tertiary/aromatic N) is 6. The number of halogens is 2. The maximum atomic E-state index is 13.6. The summed E-state index contributed by atoms with van der Waals surface area (Å²) in [4.78, 5) is 16.5. The number of aryl methyl sites for hydroxylation is 2. The molecule has 4 rings (SSSR count). The number of carbonyl (C=O) groups excluding carboxylic acids is 1. The van der Waals surface area contributed by atoms with Gasteiger partial charge in [0.25, 0.3) is 0 Å². The highest BCUT2D eigenvalue weighted by Gasteiger charge is 2.23. The van der Waals surface area contributed by atoms with Crippen molar-refractivity contribution in [2.75, 3.05) is 31.5 Å². The summed E-state index contributed by atoms with van der Waals surface area (Å²) in [5, 5.41) is 14.5. The number of nitrogens with one attached hydrogen (secondary N) is 1. The van der Waals surface area contributed by atoms with Crippen molar-refractivity contribution < 1.29 is 13.6 Å². The van der Waals surface area contributed by atoms with Crippen LogP contribution >= 0.6 is 0 Å². The second-order valence-electron chi connectivity index (χ2n) is 7.60. The number of carbonyl (C=O) groups is 1. The molecule has 1 aliphatic rings. The Labute approximate surface area is 178 Å². The van der Waals surface area contributed by atoms with Crippen molar-refractivity contribution in [3.8, 4) is 5.69 Å². The second-order valence-corrected chi connectivity index (χ2v) is 7.60. The quantitative estimate of drug-likeness (QED) is 0.693. The minimum Gasteiger partial charge on any atom is -0.322 e. The van der Waals surface area contributed by atoms with Gasteiger partial charge in [-0.2, -0.15) is 4.68 Å². The van der Waals surface area contributed by atoms with E-state index in [0.29, 0.717) is 44.2 Å². The van der Waals surface area contributed by atoms with Gasteiger partial charge >= 0.3 is 6.03 Å². The Morgan fingerprint density at radius 2 is 1.77 bits per heavy atom. The van der Waals surface area contributed by atoms with Crippen molar-refractivity contribution in [3.63, 3.8) is 0 Å². The second kappa shape index (κ2) is 8.76. The van der Waals surface area contributed by atoms with Gasteiger partial charge in [0.15, 0.2) is 17.5 Å². The van der Waals surface area contributed by atoms with Gasteiger partial charge < -0.3 is 10.2 Å². The SMILES string of the molecule is Cc1ccc(NC(=O)N2CCN(Cc3nnnn3-c3ccc(F)c(F)c3)CC2)cc1C. The normalized spacial score (nSPS) is 14.6. The molecule has 10 heteroatoms. The van der Waals surface area contributed by atoms with E-state index in [0.717, 1.165) is 23.4 Å². The Morgan fingerprint density at radius 3 is 2.48 bits per heavy atom. The Hall–Kier alpha value is -3.40. The van der Waals surface area contributed by atoms with Gasteiger partial charge in [-0.05, 0) is 59.7 Å². The highest BCUT2D eigenvalue weighted by Crippen LogP contribution is 2.17. The molecule has 3 aromatic rings. The van der Waals surface area contributed by atoms with Crippen molar-refractivity contribution in [3.05, 3.63) is 65.0 Å². The molecule has 2 aromatic carbocycles. The van der Waals surface area contributed by atoms with Crippen molar-refractivity contribution in [2.24, 2.45) is 0 Å². The average molecular weight is 427 g/mol. The lowest BCUT2D eigenvalue weighted by atomic mass is 10.1. The molecule has 0 aliphatic carbocycles. The lowest BCUT2D eigenvalue weighted by Gasteiger charge is -2.34. The zero-order valence-corrected chi connectivity index (χ0v) is 17.3. The number of urea groups is 1. The van der Waals surface area contributed by atoms with Crippen LogP contribution in [-0.4, -0.2) is 62.2 Å². The van der Waals surface area contributed by atoms with Crippen LogP contribution in [-0.2, 0) is 6.54 Å². The Balaban J connectivity index is 1.34. The third-order valence-electron chi connectivity index (χ3n) is 5.46. The van der Waals surface area contributed by atoms with E-state index in [-0.39, 0.29) is 6.03 Å². The zero-order valence-electron chi connectivity index (χ0n) is 17.3. The van der Waals surface area contributed by atoms with E-state index in [2.05, 4.69) is 25.7 Å². The molecule has 1 aliphatic heterocycles. The molecule has 1 fully saturated rings. The minimum absolute atomic E-state index is 0.130. The zero-order chi connectivity index (χ0) is 22.0. The summed E-state index contributed by atoms with van der Waals surface area (Å²) in [6, 6.07) is 9.24. The maximum absolute atomic E-state index is 13.6. The minimum atomic E-state index is -0.956. The number of aromatic nitrogens is 4. The molecule has 0 unspecified atom stereocenters. The highest BCUT2D eigenvalue weighted by atomic mass is 19.2. The van der Waals surface area contributed by atoms with E-state index in [4.69, 9.17) is 0 Å². The molecule has 0 atom stereocenters. The van der Waals surface area contributed by atoms with Crippen LogP contribution < -0.4 is 5.32 Å². The van der Waals surface area contributed by atoms with Crippen molar-refractivity contribution >= 4 is 11.7 Å². The van der Waals surface area contributed by atoms with Gasteiger partial charge in [-0.15, -0.1) is 5.10 Å². The smallest absolute Gasteiger partial charge is 0.321 e. The van der Waals surface area contributed by atoms with Gasteiger partial charge in [-0.25, -0.2) is 13.6 Å². The van der Waals surface area contributed by atoms with Crippen LogP contribution in [0.25, 0.3) is 5.69 Å². The molecule has 0 bridgehead atoms. The first kappa shape index (κ1) is 20.9. The van der Waals surface area contributed by atoms with Crippen molar-refractivity contribution in [1.82, 2.24) is 30.0 Å². The van der Waals surface area contributed by atoms with Gasteiger partial charge in [-0.3, -0.25) is 4.90 Å². The van der Waals surface area contributed by atoms with Crippen LogP contribution in [0, 0.1) is 25.5 Å². The molecule has 8 nitrogen and oxygen atoms in total. The monoisotopic (exact) mass is 427 g/mol. The molecule has 0 spiro atoms. The number of benzene rings is 2. The summed E-state index contributed by atoms with van der Waals surface area (Å²) < 4.78 is 28.2. The van der Waals surface area contributed by atoms with Gasteiger partial charge in [0.05, 0.1) is 12.2 Å². The summed E-state index contributed by atoms with van der Waals surface area (Å²) in [6.45, 7) is 6.88. The van der Waals surface area contributed by atoms with E-state index in [1.165, 1.54) is 16.3 Å². The first-order valence-electron chi connectivity index (χ1n) is 9.99. The number of hydrogen-bond donors (Lipinski definition) is 1. The van der Waals surface area contributed by atoms with Crippen LogP contribution in [0.5, 0.6) is 0 Å². The van der Waals surface area contributed by atoms with Crippen LogP contribution in [0.2, 0.25) is 0 Å². The third-order valence-corrected chi connectivity index (χ3v) is 5.46. The number of anilines is 1. The number of rotatable bonds is 4. The fourth-order valence-corrected chi connectivity index (χ4v) is 3.45. The topological polar surface area (TPSA) is 79.2 Å². The largest absolute Gasteiger partial charge is 0.322 e. The third kappa shape index (κ3) is 4.69. The first-order valence-corrected chi connectivity index (χ1v) is 9.99. The predicted molar refractivity (Wildman–Crippen MR) is 111 cm³/mol. The molecule has 2 heterocycles. The molecule has 1 aromatic heterocycles. The lowest BCUT2D eigenvalue weighted by Crippen LogP contribution is -2.49. The van der Waals surface area contributed by atoms with Crippen LogP contribution in [0.15, 0.2) is 36.4 Å². The van der Waals surface area contributed by atoms with E-state index in [9.17, 15) is 13.6 Å². The average Bonchev–Trinajstić information content (AvgIpc) is 3.21. The number of hydrogen-bond acceptors (Lipinski definition) is 5. The molecular weight excluding hydrogens is 404 g/mol. The van der Waals surface area contributed by atoms with Crippen LogP contribution in [0.4, 0.5) is 19.3 Å². The Kier molecular flexibility index (Phi) is 5.90. The van der Waals surface area contributed by atoms with Gasteiger partial charge in [0.2, 0.25) is 0 Å². The number of amides is 2. The summed E-state index contributed by atoms with van der Waals surface area (Å²) >= 11 is 0. The first-order chi connectivity index (χ1) is 14.9.